The SMILES string of the molecule is CC(=O)N1CCc2ccccc2C1CC(=O)Nc1nc(C)c(Cc2ccccc2F)s1. The number of aryl methyl sites for hydroxylation is 1. The van der Waals surface area contributed by atoms with E-state index in [-0.39, 0.29) is 30.1 Å². The van der Waals surface area contributed by atoms with Crippen molar-refractivity contribution in [2.24, 2.45) is 0 Å². The molecule has 1 unspecified atom stereocenters. The zero-order valence-electron chi connectivity index (χ0n) is 17.5. The highest BCUT2D eigenvalue weighted by atomic mass is 32.1. The van der Waals surface area contributed by atoms with E-state index in [1.165, 1.54) is 29.9 Å². The molecule has 7 heteroatoms. The molecule has 0 saturated heterocycles. The van der Waals surface area contributed by atoms with Crippen LogP contribution in [0.15, 0.2) is 48.5 Å². The number of thiazole rings is 1. The number of fused-ring (bicyclic) bond motifs is 1. The lowest BCUT2D eigenvalue weighted by Gasteiger charge is -2.36. The molecule has 2 aromatic carbocycles. The highest BCUT2D eigenvalue weighted by molar-refractivity contribution is 7.15. The van der Waals surface area contributed by atoms with Gasteiger partial charge in [0.1, 0.15) is 5.82 Å². The summed E-state index contributed by atoms with van der Waals surface area (Å²) >= 11 is 1.36. The number of benzene rings is 2. The van der Waals surface area contributed by atoms with E-state index in [9.17, 15) is 14.0 Å². The summed E-state index contributed by atoms with van der Waals surface area (Å²) in [6.07, 6.45) is 1.39. The Kier molecular flexibility index (Phi) is 6.13. The molecule has 1 aromatic heterocycles. The van der Waals surface area contributed by atoms with Gasteiger partial charge in [-0.3, -0.25) is 9.59 Å². The van der Waals surface area contributed by atoms with E-state index < -0.39 is 0 Å². The molecule has 0 spiro atoms. The zero-order chi connectivity index (χ0) is 22.0. The summed E-state index contributed by atoms with van der Waals surface area (Å²) in [7, 11) is 0. The molecule has 1 aliphatic heterocycles. The van der Waals surface area contributed by atoms with Gasteiger partial charge in [-0.1, -0.05) is 42.5 Å². The first kappa shape index (κ1) is 21.2. The second kappa shape index (κ2) is 8.98. The summed E-state index contributed by atoms with van der Waals surface area (Å²) in [4.78, 5) is 32.1. The molecule has 5 nitrogen and oxygen atoms in total. The first-order valence-electron chi connectivity index (χ1n) is 10.3. The molecular weight excluding hydrogens is 413 g/mol. The third-order valence-electron chi connectivity index (χ3n) is 5.64. The van der Waals surface area contributed by atoms with Crippen LogP contribution in [0.1, 0.15) is 46.6 Å². The van der Waals surface area contributed by atoms with Crippen molar-refractivity contribution in [2.75, 3.05) is 11.9 Å². The van der Waals surface area contributed by atoms with E-state index >= 15 is 0 Å². The summed E-state index contributed by atoms with van der Waals surface area (Å²) < 4.78 is 14.0. The Balaban J connectivity index is 1.49. The van der Waals surface area contributed by atoms with Crippen molar-refractivity contribution in [1.29, 1.82) is 0 Å². The second-order valence-electron chi connectivity index (χ2n) is 7.73. The van der Waals surface area contributed by atoms with Gasteiger partial charge in [-0.15, -0.1) is 11.3 Å². The van der Waals surface area contributed by atoms with Crippen molar-refractivity contribution in [2.45, 2.75) is 39.2 Å². The van der Waals surface area contributed by atoms with E-state index in [0.29, 0.717) is 23.7 Å². The highest BCUT2D eigenvalue weighted by Crippen LogP contribution is 2.33. The molecule has 0 aliphatic carbocycles. The third-order valence-corrected chi connectivity index (χ3v) is 6.72. The van der Waals surface area contributed by atoms with E-state index in [1.54, 1.807) is 23.1 Å². The molecule has 160 valence electrons. The Morgan fingerprint density at radius 3 is 2.71 bits per heavy atom. The van der Waals surface area contributed by atoms with E-state index in [2.05, 4.69) is 16.4 Å². The molecule has 0 radical (unpaired) electrons. The van der Waals surface area contributed by atoms with Gasteiger partial charge in [0, 0.05) is 24.8 Å². The molecule has 0 fully saturated rings. The number of carbonyl (C=O) groups is 2. The van der Waals surface area contributed by atoms with Gasteiger partial charge in [-0.25, -0.2) is 9.37 Å². The minimum absolute atomic E-state index is 0.0374. The van der Waals surface area contributed by atoms with Crippen LogP contribution in [0.4, 0.5) is 9.52 Å². The number of hydrogen-bond acceptors (Lipinski definition) is 4. The highest BCUT2D eigenvalue weighted by Gasteiger charge is 2.30. The standard InChI is InChI=1S/C24H24FN3O2S/c1-15-22(13-18-8-4-6-10-20(18)25)31-24(26-15)27-23(30)14-21-19-9-5-3-7-17(19)11-12-28(21)16(2)29/h3-10,21H,11-14H2,1-2H3,(H,26,27,30). The van der Waals surface area contributed by atoms with Gasteiger partial charge in [0.2, 0.25) is 11.8 Å². The number of anilines is 1. The largest absolute Gasteiger partial charge is 0.335 e. The fourth-order valence-electron chi connectivity index (χ4n) is 4.05. The Bertz CT molecular complexity index is 1130. The van der Waals surface area contributed by atoms with Crippen molar-refractivity contribution in [1.82, 2.24) is 9.88 Å². The third kappa shape index (κ3) is 4.66. The Hall–Kier alpha value is -3.06. The number of rotatable bonds is 5. The van der Waals surface area contributed by atoms with Gasteiger partial charge in [-0.2, -0.15) is 0 Å². The van der Waals surface area contributed by atoms with Gasteiger partial charge in [-0.05, 0) is 36.1 Å². The number of aromatic nitrogens is 1. The molecule has 0 bridgehead atoms. The van der Waals surface area contributed by atoms with Crippen LogP contribution < -0.4 is 5.32 Å². The molecular formula is C24H24FN3O2S. The zero-order valence-corrected chi connectivity index (χ0v) is 18.3. The summed E-state index contributed by atoms with van der Waals surface area (Å²) in [6, 6.07) is 14.3. The maximum Gasteiger partial charge on any atom is 0.228 e. The Morgan fingerprint density at radius 2 is 1.94 bits per heavy atom. The van der Waals surface area contributed by atoms with Crippen LogP contribution >= 0.6 is 11.3 Å². The number of halogens is 1. The number of carbonyl (C=O) groups excluding carboxylic acids is 2. The van der Waals surface area contributed by atoms with Crippen LogP contribution in [0.2, 0.25) is 0 Å². The predicted octanol–water partition coefficient (Wildman–Crippen LogP) is 4.66. The normalized spacial score (nSPS) is 15.5. The lowest BCUT2D eigenvalue weighted by molar-refractivity contribution is -0.132. The van der Waals surface area contributed by atoms with Gasteiger partial charge >= 0.3 is 0 Å². The molecule has 1 atom stereocenters. The molecule has 4 rings (SSSR count). The van der Waals surface area contributed by atoms with E-state index in [1.807, 2.05) is 25.1 Å². The topological polar surface area (TPSA) is 62.3 Å². The lowest BCUT2D eigenvalue weighted by atomic mass is 9.90. The number of nitrogens with one attached hydrogen (secondary N) is 1. The Morgan fingerprint density at radius 1 is 1.19 bits per heavy atom. The number of amides is 2. The van der Waals surface area contributed by atoms with Crippen LogP contribution in [0.25, 0.3) is 0 Å². The summed E-state index contributed by atoms with van der Waals surface area (Å²) in [5.41, 5.74) is 3.57. The molecule has 2 heterocycles. The van der Waals surface area contributed by atoms with Crippen molar-refractivity contribution < 1.29 is 14.0 Å². The van der Waals surface area contributed by atoms with Crippen molar-refractivity contribution >= 4 is 28.3 Å². The monoisotopic (exact) mass is 437 g/mol. The summed E-state index contributed by atoms with van der Waals surface area (Å²) in [5, 5.41) is 3.37. The molecule has 0 saturated carbocycles. The maximum atomic E-state index is 14.0. The van der Waals surface area contributed by atoms with Gasteiger partial charge in [0.15, 0.2) is 5.13 Å². The molecule has 1 aliphatic rings. The molecule has 1 N–H and O–H groups in total. The summed E-state index contributed by atoms with van der Waals surface area (Å²) in [5.74, 6) is -0.482. The fraction of sp³-hybridized carbons (Fsp3) is 0.292. The van der Waals surface area contributed by atoms with Crippen LogP contribution in [0.3, 0.4) is 0 Å². The fourth-order valence-corrected chi connectivity index (χ4v) is 5.06. The Labute approximate surface area is 184 Å². The van der Waals surface area contributed by atoms with Gasteiger partial charge in [0.05, 0.1) is 18.2 Å². The number of nitrogens with zero attached hydrogens (tertiary/aromatic N) is 2. The van der Waals surface area contributed by atoms with Gasteiger partial charge < -0.3 is 10.2 Å². The van der Waals surface area contributed by atoms with Crippen LogP contribution in [-0.2, 0) is 22.4 Å². The molecule has 2 amide bonds. The lowest BCUT2D eigenvalue weighted by Crippen LogP contribution is -2.40. The van der Waals surface area contributed by atoms with Crippen LogP contribution in [-0.4, -0.2) is 28.2 Å². The van der Waals surface area contributed by atoms with Gasteiger partial charge in [0.25, 0.3) is 0 Å². The molecule has 31 heavy (non-hydrogen) atoms. The minimum Gasteiger partial charge on any atom is -0.335 e. The van der Waals surface area contributed by atoms with Crippen molar-refractivity contribution in [3.8, 4) is 0 Å². The van der Waals surface area contributed by atoms with Crippen molar-refractivity contribution in [3.63, 3.8) is 0 Å². The van der Waals surface area contributed by atoms with E-state index in [4.69, 9.17) is 0 Å². The smallest absolute Gasteiger partial charge is 0.228 e. The molecule has 3 aromatic rings. The summed E-state index contributed by atoms with van der Waals surface area (Å²) in [6.45, 7) is 4.00. The number of hydrogen-bond donors (Lipinski definition) is 1. The average Bonchev–Trinajstić information content (AvgIpc) is 3.08. The second-order valence-corrected chi connectivity index (χ2v) is 8.81. The quantitative estimate of drug-likeness (QED) is 0.632. The first-order valence-corrected chi connectivity index (χ1v) is 11.1. The van der Waals surface area contributed by atoms with Crippen molar-refractivity contribution in [3.05, 3.63) is 81.6 Å². The van der Waals surface area contributed by atoms with Crippen LogP contribution in [0, 0.1) is 12.7 Å². The van der Waals surface area contributed by atoms with E-state index in [0.717, 1.165) is 22.6 Å². The maximum absolute atomic E-state index is 14.0. The minimum atomic E-state index is -0.290. The first-order chi connectivity index (χ1) is 14.9. The predicted molar refractivity (Wildman–Crippen MR) is 120 cm³/mol. The average molecular weight is 438 g/mol. The van der Waals surface area contributed by atoms with Crippen LogP contribution in [0.5, 0.6) is 0 Å².